The highest BCUT2D eigenvalue weighted by atomic mass is 32.1. The number of nitrogens with two attached hydrogens (primary N) is 2. The quantitative estimate of drug-likeness (QED) is 0.577. The van der Waals surface area contributed by atoms with E-state index in [1.807, 2.05) is 0 Å². The third-order valence-electron chi connectivity index (χ3n) is 1.15. The number of aromatic nitrogens is 1. The molecule has 0 atom stereocenters. The van der Waals surface area contributed by atoms with Crippen LogP contribution in [0.3, 0.4) is 0 Å². The van der Waals surface area contributed by atoms with E-state index < -0.39 is 11.9 Å². The van der Waals surface area contributed by atoms with E-state index in [-0.39, 0.29) is 16.3 Å². The number of anilines is 1. The highest BCUT2D eigenvalue weighted by molar-refractivity contribution is 7.09. The van der Waals surface area contributed by atoms with Gasteiger partial charge in [0.15, 0.2) is 5.69 Å². The van der Waals surface area contributed by atoms with E-state index in [0.29, 0.717) is 11.5 Å². The number of nitrogens with zero attached hydrogens (tertiary/aromatic N) is 1. The number of primary amides is 1. The minimum Gasteiger partial charge on any atom is -0.476 e. The predicted molar refractivity (Wildman–Crippen MR) is 42.0 cm³/mol. The number of carboxylic acid groups (broad SMARTS) is 1. The van der Waals surface area contributed by atoms with Crippen molar-refractivity contribution in [1.82, 2.24) is 4.37 Å². The van der Waals surface area contributed by atoms with Gasteiger partial charge in [0, 0.05) is 0 Å². The zero-order valence-electron chi connectivity index (χ0n) is 5.77. The average molecular weight is 187 g/mol. The molecule has 0 fully saturated rings. The van der Waals surface area contributed by atoms with Gasteiger partial charge < -0.3 is 16.6 Å². The maximum absolute atomic E-state index is 10.6. The van der Waals surface area contributed by atoms with Crippen molar-refractivity contribution in [3.8, 4) is 0 Å². The van der Waals surface area contributed by atoms with E-state index in [2.05, 4.69) is 4.37 Å². The molecule has 0 saturated carbocycles. The van der Waals surface area contributed by atoms with Crippen LogP contribution in [0, 0.1) is 0 Å². The van der Waals surface area contributed by atoms with Crippen LogP contribution in [0.5, 0.6) is 0 Å². The second kappa shape index (κ2) is 2.78. The largest absolute Gasteiger partial charge is 0.476 e. The molecule has 1 rings (SSSR count). The summed E-state index contributed by atoms with van der Waals surface area (Å²) in [6.07, 6.45) is 0. The topological polar surface area (TPSA) is 119 Å². The second-order valence-electron chi connectivity index (χ2n) is 1.94. The van der Waals surface area contributed by atoms with Crippen LogP contribution in [0.4, 0.5) is 5.69 Å². The van der Waals surface area contributed by atoms with Crippen molar-refractivity contribution in [1.29, 1.82) is 0 Å². The summed E-state index contributed by atoms with van der Waals surface area (Å²) in [6, 6.07) is 0. The molecule has 0 aliphatic rings. The lowest BCUT2D eigenvalue weighted by Gasteiger charge is -1.90. The van der Waals surface area contributed by atoms with Gasteiger partial charge in [-0.1, -0.05) is 0 Å². The van der Waals surface area contributed by atoms with Gasteiger partial charge in [0.05, 0.1) is 5.69 Å². The van der Waals surface area contributed by atoms with Crippen LogP contribution in [0.15, 0.2) is 0 Å². The zero-order chi connectivity index (χ0) is 9.30. The first-order chi connectivity index (χ1) is 5.54. The summed E-state index contributed by atoms with van der Waals surface area (Å²) in [5.74, 6) is -2.03. The van der Waals surface area contributed by atoms with E-state index in [1.54, 1.807) is 0 Å². The van der Waals surface area contributed by atoms with Crippen molar-refractivity contribution < 1.29 is 14.7 Å². The van der Waals surface area contributed by atoms with E-state index in [0.717, 1.165) is 0 Å². The van der Waals surface area contributed by atoms with E-state index in [4.69, 9.17) is 16.6 Å². The fraction of sp³-hybridized carbons (Fsp3) is 0. The summed E-state index contributed by atoms with van der Waals surface area (Å²) in [4.78, 5) is 20.9. The number of carbonyl (C=O) groups excluding carboxylic acids is 1. The molecule has 5 N–H and O–H groups in total. The van der Waals surface area contributed by atoms with Crippen LogP contribution in [-0.2, 0) is 0 Å². The van der Waals surface area contributed by atoms with Crippen molar-refractivity contribution in [2.45, 2.75) is 0 Å². The Labute approximate surface area is 71.0 Å². The lowest BCUT2D eigenvalue weighted by Crippen LogP contribution is -2.12. The van der Waals surface area contributed by atoms with Gasteiger partial charge >= 0.3 is 5.97 Å². The second-order valence-corrected chi connectivity index (χ2v) is 2.72. The summed E-state index contributed by atoms with van der Waals surface area (Å²) in [6.45, 7) is 0. The number of nitrogen functional groups attached to an aromatic ring is 1. The number of hydrogen-bond donors (Lipinski definition) is 3. The highest BCUT2D eigenvalue weighted by Gasteiger charge is 2.19. The number of carboxylic acids is 1. The minimum absolute atomic E-state index is 0.0209. The molecule has 0 spiro atoms. The first kappa shape index (κ1) is 8.47. The first-order valence-electron chi connectivity index (χ1n) is 2.82. The lowest BCUT2D eigenvalue weighted by atomic mass is 10.3. The fourth-order valence-electron chi connectivity index (χ4n) is 0.629. The predicted octanol–water partition coefficient (Wildman–Crippen LogP) is -0.478. The molecule has 0 aliphatic carbocycles. The molecule has 0 saturated heterocycles. The fourth-order valence-corrected chi connectivity index (χ4v) is 1.27. The third kappa shape index (κ3) is 1.21. The minimum atomic E-state index is -1.27. The van der Waals surface area contributed by atoms with Crippen LogP contribution < -0.4 is 11.5 Å². The lowest BCUT2D eigenvalue weighted by molar-refractivity contribution is 0.0693. The maximum atomic E-state index is 10.6. The van der Waals surface area contributed by atoms with Gasteiger partial charge in [-0.3, -0.25) is 4.79 Å². The molecule has 7 heteroatoms. The Morgan fingerprint density at radius 3 is 2.33 bits per heavy atom. The number of carbonyl (C=O) groups is 2. The van der Waals surface area contributed by atoms with Gasteiger partial charge in [0.25, 0.3) is 5.91 Å². The monoisotopic (exact) mass is 187 g/mol. The number of amides is 1. The Kier molecular flexibility index (Phi) is 1.96. The van der Waals surface area contributed by atoms with Gasteiger partial charge in [0.1, 0.15) is 4.88 Å². The van der Waals surface area contributed by atoms with Crippen molar-refractivity contribution in [3.63, 3.8) is 0 Å². The van der Waals surface area contributed by atoms with Crippen molar-refractivity contribution in [2.24, 2.45) is 5.73 Å². The molecule has 12 heavy (non-hydrogen) atoms. The number of hydrogen-bond acceptors (Lipinski definition) is 5. The molecule has 0 unspecified atom stereocenters. The molecule has 1 heterocycles. The van der Waals surface area contributed by atoms with E-state index in [1.165, 1.54) is 0 Å². The summed E-state index contributed by atoms with van der Waals surface area (Å²) >= 11 is 0.682. The third-order valence-corrected chi connectivity index (χ3v) is 2.03. The zero-order valence-corrected chi connectivity index (χ0v) is 6.59. The van der Waals surface area contributed by atoms with Crippen molar-refractivity contribution >= 4 is 29.1 Å². The van der Waals surface area contributed by atoms with Gasteiger partial charge in [-0.2, -0.15) is 4.37 Å². The van der Waals surface area contributed by atoms with E-state index >= 15 is 0 Å². The van der Waals surface area contributed by atoms with Crippen LogP contribution in [-0.4, -0.2) is 21.4 Å². The van der Waals surface area contributed by atoms with Gasteiger partial charge in [-0.25, -0.2) is 4.79 Å². The van der Waals surface area contributed by atoms with Gasteiger partial charge in [-0.05, 0) is 11.5 Å². The molecule has 0 aliphatic heterocycles. The van der Waals surface area contributed by atoms with Gasteiger partial charge in [-0.15, -0.1) is 0 Å². The summed E-state index contributed by atoms with van der Waals surface area (Å²) in [5, 5.41) is 8.47. The number of rotatable bonds is 2. The van der Waals surface area contributed by atoms with Crippen molar-refractivity contribution in [2.75, 3.05) is 5.73 Å². The molecule has 6 nitrogen and oxygen atoms in total. The van der Waals surface area contributed by atoms with Crippen LogP contribution in [0.2, 0.25) is 0 Å². The maximum Gasteiger partial charge on any atom is 0.357 e. The molecule has 0 radical (unpaired) electrons. The first-order valence-corrected chi connectivity index (χ1v) is 3.59. The molecule has 0 aromatic carbocycles. The Bertz CT molecular complexity index is 314. The normalized spacial score (nSPS) is 9.67. The summed E-state index contributed by atoms with van der Waals surface area (Å²) in [7, 11) is 0. The standard InChI is InChI=1S/C5H5N3O3S/c6-1-2(5(10)11)8-12-3(1)4(7)9/h6H2,(H2,7,9)(H,10,11). The number of aromatic carboxylic acids is 1. The molecule has 64 valence electrons. The Morgan fingerprint density at radius 2 is 2.08 bits per heavy atom. The molecule has 1 aromatic rings. The van der Waals surface area contributed by atoms with Gasteiger partial charge in [0.2, 0.25) is 0 Å². The Hall–Kier alpha value is -1.63. The summed E-state index contributed by atoms with van der Waals surface area (Å²) < 4.78 is 3.45. The molecule has 1 amide bonds. The van der Waals surface area contributed by atoms with Crippen LogP contribution >= 0.6 is 11.5 Å². The summed E-state index contributed by atoms with van der Waals surface area (Å²) in [5.41, 5.74) is 9.67. The molecule has 1 aromatic heterocycles. The Balaban J connectivity index is 3.22. The smallest absolute Gasteiger partial charge is 0.357 e. The highest BCUT2D eigenvalue weighted by Crippen LogP contribution is 2.20. The molecule has 0 bridgehead atoms. The Morgan fingerprint density at radius 1 is 1.50 bits per heavy atom. The van der Waals surface area contributed by atoms with Crippen molar-refractivity contribution in [3.05, 3.63) is 10.6 Å². The van der Waals surface area contributed by atoms with E-state index in [9.17, 15) is 9.59 Å². The SMILES string of the molecule is NC(=O)c1snc(C(=O)O)c1N. The molecular formula is C5H5N3O3S. The van der Waals surface area contributed by atoms with Crippen LogP contribution in [0.25, 0.3) is 0 Å². The average Bonchev–Trinajstić information content (AvgIpc) is 2.30. The van der Waals surface area contributed by atoms with Crippen LogP contribution in [0.1, 0.15) is 20.2 Å². The molecular weight excluding hydrogens is 182 g/mol.